The number of nitrogens with two attached hydrogens (primary N) is 1. The van der Waals surface area contributed by atoms with Crippen LogP contribution in [0.2, 0.25) is 5.02 Å². The van der Waals surface area contributed by atoms with E-state index in [1.165, 1.54) is 12.1 Å². The van der Waals surface area contributed by atoms with Gasteiger partial charge in [0.2, 0.25) is 11.9 Å². The molecule has 7 heteroatoms. The number of piperidine rings is 1. The van der Waals surface area contributed by atoms with Crippen LogP contribution in [-0.4, -0.2) is 27.3 Å². The van der Waals surface area contributed by atoms with E-state index < -0.39 is 0 Å². The van der Waals surface area contributed by atoms with E-state index in [-0.39, 0.29) is 30.1 Å². The summed E-state index contributed by atoms with van der Waals surface area (Å²) in [5, 5.41) is 0.614. The predicted octanol–water partition coefficient (Wildman–Crippen LogP) is 4.81. The highest BCUT2D eigenvalue weighted by molar-refractivity contribution is 6.30. The van der Waals surface area contributed by atoms with Crippen molar-refractivity contribution in [2.75, 3.05) is 12.3 Å². The quantitative estimate of drug-likeness (QED) is 0.652. The minimum Gasteiger partial charge on any atom is -0.368 e. The number of anilines is 1. The van der Waals surface area contributed by atoms with Gasteiger partial charge in [-0.3, -0.25) is 4.79 Å². The summed E-state index contributed by atoms with van der Waals surface area (Å²) in [7, 11) is 0. The molecule has 0 saturated carbocycles. The summed E-state index contributed by atoms with van der Waals surface area (Å²) in [6, 6.07) is 13.3. The first kappa shape index (κ1) is 20.3. The molecule has 0 spiro atoms. The van der Waals surface area contributed by atoms with Crippen LogP contribution < -0.4 is 5.73 Å². The highest BCUT2D eigenvalue weighted by Crippen LogP contribution is 2.36. The number of nitrogens with zero attached hydrogens (tertiary/aromatic N) is 3. The molecule has 0 bridgehead atoms. The van der Waals surface area contributed by atoms with Crippen LogP contribution in [0.25, 0.3) is 11.1 Å². The Morgan fingerprint density at radius 3 is 2.77 bits per heavy atom. The predicted molar refractivity (Wildman–Crippen MR) is 115 cm³/mol. The molecule has 5 nitrogen and oxygen atoms in total. The van der Waals surface area contributed by atoms with Crippen molar-refractivity contribution in [3.8, 4) is 11.1 Å². The number of hydrogen-bond donors (Lipinski definition) is 1. The lowest BCUT2D eigenvalue weighted by Crippen LogP contribution is -2.40. The topological polar surface area (TPSA) is 72.1 Å². The van der Waals surface area contributed by atoms with E-state index >= 15 is 0 Å². The SMILES string of the molecule is Nc1ncc(-c2cccc(Cl)c2)c(C2CCCCN2C(=O)Cc2ccc(F)cc2)n1. The zero-order valence-electron chi connectivity index (χ0n) is 16.4. The van der Waals surface area contributed by atoms with E-state index in [2.05, 4.69) is 9.97 Å². The molecule has 2 heterocycles. The van der Waals surface area contributed by atoms with E-state index in [4.69, 9.17) is 17.3 Å². The number of benzene rings is 2. The fourth-order valence-corrected chi connectivity index (χ4v) is 4.12. The molecule has 1 unspecified atom stereocenters. The van der Waals surface area contributed by atoms with E-state index in [0.717, 1.165) is 41.6 Å². The number of hydrogen-bond acceptors (Lipinski definition) is 4. The molecule has 4 rings (SSSR count). The van der Waals surface area contributed by atoms with Gasteiger partial charge in [-0.05, 0) is 54.7 Å². The summed E-state index contributed by atoms with van der Waals surface area (Å²) in [5.74, 6) is -0.155. The number of rotatable bonds is 4. The first-order chi connectivity index (χ1) is 14.5. The molecule has 1 saturated heterocycles. The lowest BCUT2D eigenvalue weighted by atomic mass is 9.93. The van der Waals surface area contributed by atoms with Crippen molar-refractivity contribution in [2.45, 2.75) is 31.7 Å². The molecule has 3 aromatic rings. The van der Waals surface area contributed by atoms with Crippen molar-refractivity contribution in [1.29, 1.82) is 0 Å². The molecule has 30 heavy (non-hydrogen) atoms. The minimum atomic E-state index is -0.315. The lowest BCUT2D eigenvalue weighted by molar-refractivity contribution is -0.134. The maximum absolute atomic E-state index is 13.2. The fraction of sp³-hybridized carbons (Fsp3) is 0.261. The van der Waals surface area contributed by atoms with Gasteiger partial charge in [-0.25, -0.2) is 14.4 Å². The molecule has 1 aliphatic heterocycles. The van der Waals surface area contributed by atoms with E-state index in [0.29, 0.717) is 11.6 Å². The third kappa shape index (κ3) is 4.44. The Morgan fingerprint density at radius 2 is 2.00 bits per heavy atom. The molecule has 154 valence electrons. The van der Waals surface area contributed by atoms with Crippen LogP contribution in [0, 0.1) is 5.82 Å². The van der Waals surface area contributed by atoms with Crippen LogP contribution in [0.4, 0.5) is 10.3 Å². The molecule has 2 N–H and O–H groups in total. The molecule has 1 atom stereocenters. The van der Waals surface area contributed by atoms with Crippen LogP contribution >= 0.6 is 11.6 Å². The maximum atomic E-state index is 13.2. The highest BCUT2D eigenvalue weighted by atomic mass is 35.5. The van der Waals surface area contributed by atoms with Crippen LogP contribution in [0.3, 0.4) is 0 Å². The zero-order chi connectivity index (χ0) is 21.1. The molecule has 1 aromatic heterocycles. The van der Waals surface area contributed by atoms with Gasteiger partial charge in [0.15, 0.2) is 0 Å². The normalized spacial score (nSPS) is 16.5. The summed E-state index contributed by atoms with van der Waals surface area (Å²) in [6.07, 6.45) is 4.62. The van der Waals surface area contributed by atoms with Gasteiger partial charge < -0.3 is 10.6 Å². The number of likely N-dealkylation sites (tertiary alicyclic amines) is 1. The van der Waals surface area contributed by atoms with E-state index in [1.807, 2.05) is 29.2 Å². The molecular formula is C23H22ClFN4O. The van der Waals surface area contributed by atoms with Crippen molar-refractivity contribution in [3.05, 3.63) is 76.8 Å². The second kappa shape index (κ2) is 8.79. The number of amides is 1. The van der Waals surface area contributed by atoms with Gasteiger partial charge in [-0.15, -0.1) is 0 Å². The Hall–Kier alpha value is -2.99. The number of carbonyl (C=O) groups is 1. The van der Waals surface area contributed by atoms with Gasteiger partial charge in [0, 0.05) is 23.3 Å². The van der Waals surface area contributed by atoms with E-state index in [9.17, 15) is 9.18 Å². The Labute approximate surface area is 179 Å². The van der Waals surface area contributed by atoms with Crippen molar-refractivity contribution in [1.82, 2.24) is 14.9 Å². The molecule has 0 radical (unpaired) electrons. The highest BCUT2D eigenvalue weighted by Gasteiger charge is 2.31. The van der Waals surface area contributed by atoms with Gasteiger partial charge in [-0.1, -0.05) is 35.9 Å². The Kier molecular flexibility index (Phi) is 5.95. The molecule has 1 fully saturated rings. The van der Waals surface area contributed by atoms with Gasteiger partial charge in [0.05, 0.1) is 18.2 Å². The molecule has 1 amide bonds. The number of aromatic nitrogens is 2. The van der Waals surface area contributed by atoms with Crippen molar-refractivity contribution in [3.63, 3.8) is 0 Å². The van der Waals surface area contributed by atoms with Gasteiger partial charge >= 0.3 is 0 Å². The summed E-state index contributed by atoms with van der Waals surface area (Å²) in [6.45, 7) is 0.642. The van der Waals surface area contributed by atoms with Crippen molar-refractivity contribution in [2.24, 2.45) is 0 Å². The Morgan fingerprint density at radius 1 is 1.20 bits per heavy atom. The lowest BCUT2D eigenvalue weighted by Gasteiger charge is -2.36. The van der Waals surface area contributed by atoms with Crippen LogP contribution in [0.5, 0.6) is 0 Å². The largest absolute Gasteiger partial charge is 0.368 e. The minimum absolute atomic E-state index is 0.0134. The molecule has 0 aliphatic carbocycles. The van der Waals surface area contributed by atoms with E-state index in [1.54, 1.807) is 18.3 Å². The van der Waals surface area contributed by atoms with Crippen molar-refractivity contribution < 1.29 is 9.18 Å². The monoisotopic (exact) mass is 424 g/mol. The fourth-order valence-electron chi connectivity index (χ4n) is 3.93. The second-order valence-electron chi connectivity index (χ2n) is 7.44. The summed E-state index contributed by atoms with van der Waals surface area (Å²) < 4.78 is 13.2. The first-order valence-corrected chi connectivity index (χ1v) is 10.3. The van der Waals surface area contributed by atoms with Crippen LogP contribution in [-0.2, 0) is 11.2 Å². The summed E-state index contributed by atoms with van der Waals surface area (Å²) >= 11 is 6.19. The third-order valence-electron chi connectivity index (χ3n) is 5.38. The van der Waals surface area contributed by atoms with Gasteiger partial charge in [0.1, 0.15) is 5.82 Å². The standard InChI is InChI=1S/C23H22ClFN4O/c24-17-5-3-4-16(13-17)19-14-27-23(26)28-22(19)20-6-1-2-11-29(20)21(30)12-15-7-9-18(25)10-8-15/h3-5,7-10,13-14,20H,1-2,6,11-12H2,(H2,26,27,28). The molecule has 1 aliphatic rings. The number of halogens is 2. The second-order valence-corrected chi connectivity index (χ2v) is 7.88. The number of nitrogen functional groups attached to an aromatic ring is 1. The first-order valence-electron chi connectivity index (χ1n) is 9.93. The van der Waals surface area contributed by atoms with Gasteiger partial charge in [0.25, 0.3) is 0 Å². The summed E-state index contributed by atoms with van der Waals surface area (Å²) in [4.78, 5) is 23.7. The van der Waals surface area contributed by atoms with Crippen LogP contribution in [0.1, 0.15) is 36.6 Å². The number of carbonyl (C=O) groups excluding carboxylic acids is 1. The summed E-state index contributed by atoms with van der Waals surface area (Å²) in [5.41, 5.74) is 9.13. The maximum Gasteiger partial charge on any atom is 0.227 e. The zero-order valence-corrected chi connectivity index (χ0v) is 17.1. The van der Waals surface area contributed by atoms with Crippen molar-refractivity contribution >= 4 is 23.5 Å². The third-order valence-corrected chi connectivity index (χ3v) is 5.61. The smallest absolute Gasteiger partial charge is 0.227 e. The average molecular weight is 425 g/mol. The molecule has 2 aromatic carbocycles. The van der Waals surface area contributed by atoms with Crippen LogP contribution in [0.15, 0.2) is 54.7 Å². The average Bonchev–Trinajstić information content (AvgIpc) is 2.75. The Bertz CT molecular complexity index is 1060. The van der Waals surface area contributed by atoms with Gasteiger partial charge in [-0.2, -0.15) is 0 Å². The molecular weight excluding hydrogens is 403 g/mol. The Balaban J connectivity index is 1.68.